The first-order chi connectivity index (χ1) is 9.22. The minimum absolute atomic E-state index is 0.547. The van der Waals surface area contributed by atoms with Crippen molar-refractivity contribution in [1.82, 2.24) is 9.97 Å². The molecule has 2 nitrogen and oxygen atoms in total. The number of halogens is 2. The number of imidazole rings is 1. The van der Waals surface area contributed by atoms with Crippen molar-refractivity contribution < 1.29 is 0 Å². The van der Waals surface area contributed by atoms with E-state index in [0.717, 1.165) is 36.1 Å². The largest absolute Gasteiger partial charge is 0.342 e. The van der Waals surface area contributed by atoms with Gasteiger partial charge in [0, 0.05) is 11.3 Å². The zero-order chi connectivity index (χ0) is 13.2. The third kappa shape index (κ3) is 2.94. The van der Waals surface area contributed by atoms with Crippen LogP contribution in [0.25, 0.3) is 11.0 Å². The number of nitrogens with zero attached hydrogens (tertiary/aromatic N) is 1. The van der Waals surface area contributed by atoms with Gasteiger partial charge in [0.05, 0.1) is 21.1 Å². The maximum Gasteiger partial charge on any atom is 0.107 e. The molecule has 3 aromatic rings. The van der Waals surface area contributed by atoms with Gasteiger partial charge in [0.1, 0.15) is 5.82 Å². The van der Waals surface area contributed by atoms with E-state index in [1.54, 1.807) is 17.4 Å². The smallest absolute Gasteiger partial charge is 0.107 e. The van der Waals surface area contributed by atoms with Gasteiger partial charge in [-0.15, -0.1) is 11.3 Å². The van der Waals surface area contributed by atoms with E-state index in [-0.39, 0.29) is 0 Å². The van der Waals surface area contributed by atoms with Crippen LogP contribution in [0.5, 0.6) is 0 Å². The van der Waals surface area contributed by atoms with Gasteiger partial charge >= 0.3 is 0 Å². The topological polar surface area (TPSA) is 28.7 Å². The number of hydrogen-bond acceptors (Lipinski definition) is 2. The van der Waals surface area contributed by atoms with Gasteiger partial charge in [-0.3, -0.25) is 0 Å². The predicted octanol–water partition coefficient (Wildman–Crippen LogP) is 5.11. The lowest BCUT2D eigenvalue weighted by Crippen LogP contribution is -1.90. The van der Waals surface area contributed by atoms with E-state index in [4.69, 9.17) is 23.2 Å². The Bertz CT molecular complexity index is 650. The second-order valence-corrected chi connectivity index (χ2v) is 6.25. The molecule has 0 aliphatic heterocycles. The van der Waals surface area contributed by atoms with Crippen LogP contribution in [0.4, 0.5) is 0 Å². The maximum absolute atomic E-state index is 5.99. The van der Waals surface area contributed by atoms with Gasteiger partial charge in [-0.1, -0.05) is 29.3 Å². The Labute approximate surface area is 125 Å². The molecular formula is C14H12Cl2N2S. The molecule has 0 atom stereocenters. The van der Waals surface area contributed by atoms with Gasteiger partial charge in [-0.25, -0.2) is 4.98 Å². The van der Waals surface area contributed by atoms with Crippen molar-refractivity contribution in [2.45, 2.75) is 19.3 Å². The molecule has 2 heterocycles. The summed E-state index contributed by atoms with van der Waals surface area (Å²) in [5.74, 6) is 0.991. The molecule has 0 aliphatic carbocycles. The Morgan fingerprint density at radius 2 is 2.00 bits per heavy atom. The van der Waals surface area contributed by atoms with Crippen LogP contribution in [-0.2, 0) is 12.8 Å². The molecule has 0 amide bonds. The minimum atomic E-state index is 0.547. The van der Waals surface area contributed by atoms with Crippen molar-refractivity contribution in [2.75, 3.05) is 0 Å². The first-order valence-corrected chi connectivity index (χ1v) is 7.72. The number of hydrogen-bond donors (Lipinski definition) is 1. The number of fused-ring (bicyclic) bond motifs is 1. The number of aromatic nitrogens is 2. The lowest BCUT2D eigenvalue weighted by molar-refractivity contribution is 0.793. The lowest BCUT2D eigenvalue weighted by atomic mass is 10.2. The normalized spacial score (nSPS) is 11.3. The summed E-state index contributed by atoms with van der Waals surface area (Å²) in [6.07, 6.45) is 3.11. The van der Waals surface area contributed by atoms with E-state index in [9.17, 15) is 0 Å². The van der Waals surface area contributed by atoms with E-state index in [1.807, 2.05) is 6.07 Å². The summed E-state index contributed by atoms with van der Waals surface area (Å²) in [7, 11) is 0. The average molecular weight is 311 g/mol. The van der Waals surface area contributed by atoms with Gasteiger partial charge in [0.25, 0.3) is 0 Å². The quantitative estimate of drug-likeness (QED) is 0.713. The lowest BCUT2D eigenvalue weighted by Gasteiger charge is -1.95. The van der Waals surface area contributed by atoms with Gasteiger partial charge < -0.3 is 4.98 Å². The Morgan fingerprint density at radius 1 is 1.16 bits per heavy atom. The monoisotopic (exact) mass is 310 g/mol. The standard InChI is InChI=1S/C14H12Cl2N2S/c15-10-7-12-13(8-11(10)16)18-14(17-12)5-1-3-9-4-2-6-19-9/h2,4,6-8H,1,3,5H2,(H,17,18). The molecule has 0 radical (unpaired) electrons. The third-order valence-corrected chi connectivity index (χ3v) is 4.65. The number of rotatable bonds is 4. The second kappa shape index (κ2) is 5.53. The molecule has 0 unspecified atom stereocenters. The summed E-state index contributed by atoms with van der Waals surface area (Å²) >= 11 is 13.8. The van der Waals surface area contributed by atoms with Crippen molar-refractivity contribution >= 4 is 45.6 Å². The first kappa shape index (κ1) is 13.0. The van der Waals surface area contributed by atoms with Gasteiger partial charge in [-0.2, -0.15) is 0 Å². The van der Waals surface area contributed by atoms with E-state index in [0.29, 0.717) is 10.0 Å². The number of aryl methyl sites for hydroxylation is 2. The molecule has 1 aromatic carbocycles. The molecule has 0 bridgehead atoms. The Morgan fingerprint density at radius 3 is 2.79 bits per heavy atom. The van der Waals surface area contributed by atoms with Gasteiger partial charge in [-0.05, 0) is 36.4 Å². The van der Waals surface area contributed by atoms with Crippen molar-refractivity contribution in [3.63, 3.8) is 0 Å². The molecule has 0 spiro atoms. The molecule has 0 aliphatic rings. The third-order valence-electron chi connectivity index (χ3n) is 2.99. The van der Waals surface area contributed by atoms with Crippen LogP contribution in [-0.4, -0.2) is 9.97 Å². The first-order valence-electron chi connectivity index (χ1n) is 6.08. The van der Waals surface area contributed by atoms with Crippen LogP contribution in [0.1, 0.15) is 17.1 Å². The van der Waals surface area contributed by atoms with Crippen LogP contribution in [0, 0.1) is 0 Å². The van der Waals surface area contributed by atoms with Crippen LogP contribution in [0.15, 0.2) is 29.6 Å². The molecule has 0 saturated carbocycles. The average Bonchev–Trinajstić information content (AvgIpc) is 2.99. The van der Waals surface area contributed by atoms with E-state index < -0.39 is 0 Å². The van der Waals surface area contributed by atoms with Crippen LogP contribution >= 0.6 is 34.5 Å². The summed E-state index contributed by atoms with van der Waals surface area (Å²) in [5, 5.41) is 3.22. The Kier molecular flexibility index (Phi) is 3.78. The van der Waals surface area contributed by atoms with E-state index in [2.05, 4.69) is 27.5 Å². The molecule has 19 heavy (non-hydrogen) atoms. The predicted molar refractivity (Wildman–Crippen MR) is 82.5 cm³/mol. The minimum Gasteiger partial charge on any atom is -0.342 e. The number of thiophene rings is 1. The Balaban J connectivity index is 1.71. The molecular weight excluding hydrogens is 299 g/mol. The summed E-state index contributed by atoms with van der Waals surface area (Å²) in [5.41, 5.74) is 1.82. The fourth-order valence-electron chi connectivity index (χ4n) is 2.06. The molecule has 5 heteroatoms. The zero-order valence-corrected chi connectivity index (χ0v) is 12.4. The summed E-state index contributed by atoms with van der Waals surface area (Å²) in [4.78, 5) is 9.25. The van der Waals surface area contributed by atoms with Crippen molar-refractivity contribution in [1.29, 1.82) is 0 Å². The Hall–Kier alpha value is -1.03. The second-order valence-electron chi connectivity index (χ2n) is 4.40. The zero-order valence-electron chi connectivity index (χ0n) is 10.1. The van der Waals surface area contributed by atoms with Crippen molar-refractivity contribution in [3.05, 3.63) is 50.4 Å². The van der Waals surface area contributed by atoms with Crippen molar-refractivity contribution in [2.24, 2.45) is 0 Å². The van der Waals surface area contributed by atoms with Gasteiger partial charge in [0.2, 0.25) is 0 Å². The van der Waals surface area contributed by atoms with Gasteiger partial charge in [0.15, 0.2) is 0 Å². The molecule has 0 saturated heterocycles. The van der Waals surface area contributed by atoms with E-state index >= 15 is 0 Å². The summed E-state index contributed by atoms with van der Waals surface area (Å²) < 4.78 is 0. The maximum atomic E-state index is 5.99. The highest BCUT2D eigenvalue weighted by Crippen LogP contribution is 2.26. The highest BCUT2D eigenvalue weighted by Gasteiger charge is 2.06. The molecule has 2 aromatic heterocycles. The van der Waals surface area contributed by atoms with E-state index in [1.165, 1.54) is 4.88 Å². The van der Waals surface area contributed by atoms with Crippen LogP contribution < -0.4 is 0 Å². The van der Waals surface area contributed by atoms with Crippen LogP contribution in [0.2, 0.25) is 10.0 Å². The molecule has 0 fully saturated rings. The number of H-pyrrole nitrogens is 1. The fraction of sp³-hybridized carbons (Fsp3) is 0.214. The number of benzene rings is 1. The number of aromatic amines is 1. The molecule has 98 valence electrons. The van der Waals surface area contributed by atoms with Crippen LogP contribution in [0.3, 0.4) is 0 Å². The summed E-state index contributed by atoms with van der Waals surface area (Å²) in [6, 6.07) is 7.89. The molecule has 3 rings (SSSR count). The molecule has 1 N–H and O–H groups in total. The van der Waals surface area contributed by atoms with Crippen molar-refractivity contribution in [3.8, 4) is 0 Å². The highest BCUT2D eigenvalue weighted by molar-refractivity contribution is 7.09. The highest BCUT2D eigenvalue weighted by atomic mass is 35.5. The fourth-order valence-corrected chi connectivity index (χ4v) is 3.13. The summed E-state index contributed by atoms with van der Waals surface area (Å²) in [6.45, 7) is 0. The SMILES string of the molecule is Clc1cc2nc(CCCc3cccs3)[nH]c2cc1Cl. The number of nitrogens with one attached hydrogen (secondary N) is 1.